The van der Waals surface area contributed by atoms with Crippen molar-refractivity contribution in [2.75, 3.05) is 19.3 Å². The molecule has 1 aromatic heterocycles. The Bertz CT molecular complexity index is 896. The Hall–Kier alpha value is -1.77. The summed E-state index contributed by atoms with van der Waals surface area (Å²) in [7, 11) is -3.32. The van der Waals surface area contributed by atoms with E-state index in [0.29, 0.717) is 13.0 Å². The number of benzene rings is 1. The first-order chi connectivity index (χ1) is 11.4. The molecule has 1 fully saturated rings. The number of hydrogen-bond donors (Lipinski definition) is 1. The van der Waals surface area contributed by atoms with Crippen LogP contribution in [0.2, 0.25) is 0 Å². The van der Waals surface area contributed by atoms with Crippen LogP contribution in [0.1, 0.15) is 18.0 Å². The number of nitrogens with zero attached hydrogens (tertiary/aromatic N) is 3. The molecule has 0 unspecified atom stereocenters. The highest BCUT2D eigenvalue weighted by atomic mass is 32.2. The molecule has 24 heavy (non-hydrogen) atoms. The number of piperidine rings is 1. The zero-order valence-electron chi connectivity index (χ0n) is 13.1. The van der Waals surface area contributed by atoms with Crippen molar-refractivity contribution in [3.8, 4) is 11.3 Å². The van der Waals surface area contributed by atoms with E-state index < -0.39 is 16.1 Å². The Morgan fingerprint density at radius 1 is 1.38 bits per heavy atom. The van der Waals surface area contributed by atoms with Gasteiger partial charge in [-0.25, -0.2) is 22.1 Å². The van der Waals surface area contributed by atoms with E-state index in [9.17, 15) is 17.9 Å². The maximum Gasteiger partial charge on any atom is 0.211 e. The van der Waals surface area contributed by atoms with Crippen LogP contribution >= 0.6 is 0 Å². The Morgan fingerprint density at radius 3 is 2.92 bits per heavy atom. The van der Waals surface area contributed by atoms with E-state index in [0.717, 1.165) is 16.8 Å². The Labute approximate surface area is 139 Å². The molecule has 8 heteroatoms. The van der Waals surface area contributed by atoms with Gasteiger partial charge in [-0.2, -0.15) is 0 Å². The van der Waals surface area contributed by atoms with Crippen LogP contribution in [0.4, 0.5) is 4.39 Å². The molecule has 3 heterocycles. The first kappa shape index (κ1) is 15.7. The number of halogens is 1. The molecule has 0 amide bonds. The van der Waals surface area contributed by atoms with E-state index in [-0.39, 0.29) is 24.3 Å². The van der Waals surface area contributed by atoms with Crippen molar-refractivity contribution in [2.24, 2.45) is 5.92 Å². The van der Waals surface area contributed by atoms with E-state index in [1.54, 1.807) is 18.6 Å². The lowest BCUT2D eigenvalue weighted by atomic mass is 9.85. The lowest BCUT2D eigenvalue weighted by Gasteiger charge is -2.38. The number of hydrogen-bond acceptors (Lipinski definition) is 4. The highest BCUT2D eigenvalue weighted by molar-refractivity contribution is 7.88. The number of sulfonamides is 1. The summed E-state index contributed by atoms with van der Waals surface area (Å²) in [6, 6.07) is 4.33. The predicted octanol–water partition coefficient (Wildman–Crippen LogP) is 1.23. The minimum Gasteiger partial charge on any atom is -0.393 e. The number of aromatic nitrogens is 2. The van der Waals surface area contributed by atoms with Crippen molar-refractivity contribution >= 4 is 10.0 Å². The molecule has 0 saturated carbocycles. The fraction of sp³-hybridized carbons (Fsp3) is 0.438. The second kappa shape index (κ2) is 5.37. The van der Waals surface area contributed by atoms with Crippen molar-refractivity contribution in [3.05, 3.63) is 42.1 Å². The van der Waals surface area contributed by atoms with Crippen LogP contribution in [0.5, 0.6) is 0 Å². The van der Waals surface area contributed by atoms with Gasteiger partial charge in [-0.1, -0.05) is 6.07 Å². The molecule has 2 aliphatic rings. The van der Waals surface area contributed by atoms with Crippen LogP contribution < -0.4 is 0 Å². The molecule has 3 atom stereocenters. The van der Waals surface area contributed by atoms with E-state index in [1.165, 1.54) is 22.7 Å². The van der Waals surface area contributed by atoms with E-state index >= 15 is 0 Å². The van der Waals surface area contributed by atoms with Gasteiger partial charge >= 0.3 is 0 Å². The molecule has 6 nitrogen and oxygen atoms in total. The normalized spacial score (nSPS) is 27.0. The van der Waals surface area contributed by atoms with Crippen molar-refractivity contribution in [3.63, 3.8) is 0 Å². The third-order valence-electron chi connectivity index (χ3n) is 5.03. The van der Waals surface area contributed by atoms with E-state index in [2.05, 4.69) is 4.98 Å². The van der Waals surface area contributed by atoms with E-state index in [4.69, 9.17) is 0 Å². The van der Waals surface area contributed by atoms with Crippen LogP contribution in [0.15, 0.2) is 30.7 Å². The Balaban J connectivity index is 1.79. The largest absolute Gasteiger partial charge is 0.393 e. The lowest BCUT2D eigenvalue weighted by molar-refractivity contribution is 0.0358. The van der Waals surface area contributed by atoms with Crippen molar-refractivity contribution in [1.29, 1.82) is 0 Å². The minimum atomic E-state index is -3.32. The second-order valence-electron chi connectivity index (χ2n) is 6.50. The summed E-state index contributed by atoms with van der Waals surface area (Å²) in [5, 5.41) is 10.5. The molecule has 2 aliphatic heterocycles. The summed E-state index contributed by atoms with van der Waals surface area (Å²) >= 11 is 0. The van der Waals surface area contributed by atoms with Crippen LogP contribution in [-0.4, -0.2) is 52.8 Å². The molecule has 0 bridgehead atoms. The molecule has 0 spiro atoms. The van der Waals surface area contributed by atoms with Gasteiger partial charge in [0.15, 0.2) is 0 Å². The third kappa shape index (κ3) is 2.37. The van der Waals surface area contributed by atoms with Gasteiger partial charge in [-0.3, -0.25) is 0 Å². The SMILES string of the molecule is CS(=O)(=O)N1CC[C@H](O)[C@@H]([C@H]2c3ccc(F)cc3-c3cncn32)C1. The second-order valence-corrected chi connectivity index (χ2v) is 8.49. The maximum atomic E-state index is 13.7. The Kier molecular flexibility index (Phi) is 3.52. The first-order valence-electron chi connectivity index (χ1n) is 7.81. The summed E-state index contributed by atoms with van der Waals surface area (Å²) in [5.41, 5.74) is 2.44. The standard InChI is InChI=1S/C16H18FN3O3S/c1-24(22,23)19-5-4-15(21)13(8-19)16-11-3-2-10(17)6-12(11)14-7-18-9-20(14)16/h2-3,6-7,9,13,15-16,21H,4-5,8H2,1H3/t13-,15-,16+/m0/s1. The highest BCUT2D eigenvalue weighted by Crippen LogP contribution is 2.45. The third-order valence-corrected chi connectivity index (χ3v) is 6.30. The van der Waals surface area contributed by atoms with Gasteiger partial charge in [0.05, 0.1) is 36.6 Å². The van der Waals surface area contributed by atoms with Crippen LogP contribution in [0.25, 0.3) is 11.3 Å². The van der Waals surface area contributed by atoms with Crippen LogP contribution in [0.3, 0.4) is 0 Å². The molecule has 0 radical (unpaired) electrons. The first-order valence-corrected chi connectivity index (χ1v) is 9.66. The molecule has 4 rings (SSSR count). The highest BCUT2D eigenvalue weighted by Gasteiger charge is 2.42. The summed E-state index contributed by atoms with van der Waals surface area (Å²) < 4.78 is 40.8. The number of aliphatic hydroxyl groups is 1. The summed E-state index contributed by atoms with van der Waals surface area (Å²) in [4.78, 5) is 4.14. The molecule has 1 saturated heterocycles. The average Bonchev–Trinajstić information content (AvgIpc) is 3.08. The van der Waals surface area contributed by atoms with Crippen molar-refractivity contribution < 1.29 is 17.9 Å². The molecule has 128 valence electrons. The van der Waals surface area contributed by atoms with E-state index in [1.807, 2.05) is 4.57 Å². The summed E-state index contributed by atoms with van der Waals surface area (Å²) in [6.07, 6.45) is 4.27. The number of fused-ring (bicyclic) bond motifs is 3. The molecular formula is C16H18FN3O3S. The van der Waals surface area contributed by atoms with Gasteiger partial charge in [0.1, 0.15) is 5.82 Å². The zero-order valence-corrected chi connectivity index (χ0v) is 13.9. The lowest BCUT2D eigenvalue weighted by Crippen LogP contribution is -2.48. The molecule has 0 aliphatic carbocycles. The van der Waals surface area contributed by atoms with Crippen molar-refractivity contribution in [1.82, 2.24) is 13.9 Å². The van der Waals surface area contributed by atoms with Gasteiger partial charge in [0.25, 0.3) is 0 Å². The quantitative estimate of drug-likeness (QED) is 0.883. The number of aliphatic hydroxyl groups excluding tert-OH is 1. The monoisotopic (exact) mass is 351 g/mol. The minimum absolute atomic E-state index is 0.235. The maximum absolute atomic E-state index is 13.7. The summed E-state index contributed by atoms with van der Waals surface area (Å²) in [5.74, 6) is -0.641. The summed E-state index contributed by atoms with van der Waals surface area (Å²) in [6.45, 7) is 0.551. The van der Waals surface area contributed by atoms with Gasteiger partial charge in [-0.05, 0) is 24.1 Å². The van der Waals surface area contributed by atoms with Crippen molar-refractivity contribution in [2.45, 2.75) is 18.6 Å². The van der Waals surface area contributed by atoms with Gasteiger partial charge < -0.3 is 9.67 Å². The Morgan fingerprint density at radius 2 is 2.17 bits per heavy atom. The molecule has 1 aromatic carbocycles. The molecular weight excluding hydrogens is 333 g/mol. The average molecular weight is 351 g/mol. The molecule has 1 N–H and O–H groups in total. The van der Waals surface area contributed by atoms with Gasteiger partial charge in [0, 0.05) is 24.6 Å². The fourth-order valence-corrected chi connectivity index (χ4v) is 4.76. The zero-order chi connectivity index (χ0) is 17.1. The van der Waals surface area contributed by atoms with Crippen LogP contribution in [-0.2, 0) is 10.0 Å². The predicted molar refractivity (Wildman–Crippen MR) is 86.3 cm³/mol. The fourth-order valence-electron chi connectivity index (χ4n) is 3.88. The van der Waals surface area contributed by atoms with Gasteiger partial charge in [0.2, 0.25) is 10.0 Å². The van der Waals surface area contributed by atoms with Crippen LogP contribution in [0, 0.1) is 11.7 Å². The smallest absolute Gasteiger partial charge is 0.211 e. The number of imidazole rings is 1. The van der Waals surface area contributed by atoms with Gasteiger partial charge in [-0.15, -0.1) is 0 Å². The number of rotatable bonds is 2. The molecule has 2 aromatic rings. The topological polar surface area (TPSA) is 75.4 Å².